The SMILES string of the molecule is CC(C)C(CN(C)C)NS(=O)(=O)c1cnn(CC(=O)O)c1. The average Bonchev–Trinajstić information content (AvgIpc) is 2.75. The van der Waals surface area contributed by atoms with Gasteiger partial charge in [0, 0.05) is 18.8 Å². The molecule has 0 aliphatic heterocycles. The predicted molar refractivity (Wildman–Crippen MR) is 77.4 cm³/mol. The van der Waals surface area contributed by atoms with Crippen LogP contribution in [-0.2, 0) is 21.4 Å². The number of carboxylic acids is 1. The van der Waals surface area contributed by atoms with E-state index in [0.717, 1.165) is 10.9 Å². The normalized spacial score (nSPS) is 13.8. The average molecular weight is 318 g/mol. The zero-order valence-electron chi connectivity index (χ0n) is 12.6. The molecular weight excluding hydrogens is 296 g/mol. The molecule has 2 N–H and O–H groups in total. The molecule has 21 heavy (non-hydrogen) atoms. The summed E-state index contributed by atoms with van der Waals surface area (Å²) in [6, 6.07) is -0.243. The van der Waals surface area contributed by atoms with E-state index >= 15 is 0 Å². The lowest BCUT2D eigenvalue weighted by molar-refractivity contribution is -0.137. The van der Waals surface area contributed by atoms with Crippen molar-refractivity contribution in [1.82, 2.24) is 19.4 Å². The number of aromatic nitrogens is 2. The van der Waals surface area contributed by atoms with Crippen molar-refractivity contribution in [2.75, 3.05) is 20.6 Å². The van der Waals surface area contributed by atoms with Crippen molar-refractivity contribution in [3.8, 4) is 0 Å². The van der Waals surface area contributed by atoms with Gasteiger partial charge in [-0.15, -0.1) is 0 Å². The first kappa shape index (κ1) is 17.6. The monoisotopic (exact) mass is 318 g/mol. The maximum Gasteiger partial charge on any atom is 0.325 e. The number of carboxylic acid groups (broad SMARTS) is 1. The molecule has 8 nitrogen and oxygen atoms in total. The predicted octanol–water partition coefficient (Wildman–Crippen LogP) is -0.168. The molecule has 0 aromatic carbocycles. The first-order chi connectivity index (χ1) is 9.61. The number of nitrogens with zero attached hydrogens (tertiary/aromatic N) is 3. The van der Waals surface area contributed by atoms with Crippen molar-refractivity contribution in [3.63, 3.8) is 0 Å². The molecule has 0 aliphatic carbocycles. The van der Waals surface area contributed by atoms with Gasteiger partial charge in [-0.2, -0.15) is 5.10 Å². The number of nitrogens with one attached hydrogen (secondary N) is 1. The molecule has 0 spiro atoms. The van der Waals surface area contributed by atoms with E-state index in [-0.39, 0.29) is 23.4 Å². The standard InChI is InChI=1S/C12H22N4O4S/c1-9(2)11(7-15(3)4)14-21(19,20)10-5-13-16(6-10)8-12(17)18/h5-6,9,11,14H,7-8H2,1-4H3,(H,17,18). The Morgan fingerprint density at radius 1 is 1.48 bits per heavy atom. The summed E-state index contributed by atoms with van der Waals surface area (Å²) in [5.41, 5.74) is 0. The Labute approximate surface area is 124 Å². The Kier molecular flexibility index (Phi) is 5.87. The maximum atomic E-state index is 12.3. The summed E-state index contributed by atoms with van der Waals surface area (Å²) in [5.74, 6) is -0.959. The zero-order chi connectivity index (χ0) is 16.2. The summed E-state index contributed by atoms with van der Waals surface area (Å²) < 4.78 is 28.3. The molecule has 0 radical (unpaired) electrons. The van der Waals surface area contributed by atoms with Crippen LogP contribution >= 0.6 is 0 Å². The lowest BCUT2D eigenvalue weighted by Gasteiger charge is -2.25. The molecule has 0 bridgehead atoms. The van der Waals surface area contributed by atoms with Crippen LogP contribution in [0.3, 0.4) is 0 Å². The number of sulfonamides is 1. The molecule has 1 unspecified atom stereocenters. The molecule has 0 amide bonds. The lowest BCUT2D eigenvalue weighted by Crippen LogP contribution is -2.44. The minimum absolute atomic E-state index is 0.0341. The number of likely N-dealkylation sites (N-methyl/N-ethyl adjacent to an activating group) is 1. The van der Waals surface area contributed by atoms with Crippen LogP contribution < -0.4 is 4.72 Å². The Morgan fingerprint density at radius 2 is 2.10 bits per heavy atom. The molecule has 120 valence electrons. The Hall–Kier alpha value is -1.45. The van der Waals surface area contributed by atoms with Crippen LogP contribution in [0.5, 0.6) is 0 Å². The van der Waals surface area contributed by atoms with Crippen LogP contribution in [0.4, 0.5) is 0 Å². The third-order valence-electron chi connectivity index (χ3n) is 2.89. The van der Waals surface area contributed by atoms with Gasteiger partial charge in [0.1, 0.15) is 11.4 Å². The van der Waals surface area contributed by atoms with E-state index in [1.54, 1.807) is 0 Å². The van der Waals surface area contributed by atoms with Crippen molar-refractivity contribution in [1.29, 1.82) is 0 Å². The summed E-state index contributed by atoms with van der Waals surface area (Å²) in [6.07, 6.45) is 2.36. The number of rotatable bonds is 8. The molecule has 0 saturated heterocycles. The van der Waals surface area contributed by atoms with E-state index in [1.165, 1.54) is 6.20 Å². The summed E-state index contributed by atoms with van der Waals surface area (Å²) in [5, 5.41) is 12.4. The Morgan fingerprint density at radius 3 is 2.57 bits per heavy atom. The van der Waals surface area contributed by atoms with Crippen molar-refractivity contribution in [3.05, 3.63) is 12.4 Å². The Bertz CT molecular complexity index is 580. The van der Waals surface area contributed by atoms with Gasteiger partial charge in [0.15, 0.2) is 0 Å². The van der Waals surface area contributed by atoms with Crippen LogP contribution in [0.25, 0.3) is 0 Å². The second kappa shape index (κ2) is 7.01. The number of hydrogen-bond acceptors (Lipinski definition) is 5. The Balaban J connectivity index is 2.89. The van der Waals surface area contributed by atoms with Crippen LogP contribution in [0.15, 0.2) is 17.3 Å². The van der Waals surface area contributed by atoms with Gasteiger partial charge in [-0.3, -0.25) is 9.48 Å². The molecule has 0 saturated carbocycles. The largest absolute Gasteiger partial charge is 0.480 e. The quantitative estimate of drug-likeness (QED) is 0.690. The summed E-state index contributed by atoms with van der Waals surface area (Å²) in [7, 11) is 0.0212. The van der Waals surface area contributed by atoms with Crippen LogP contribution in [0.2, 0.25) is 0 Å². The van der Waals surface area contributed by atoms with E-state index < -0.39 is 16.0 Å². The number of hydrogen-bond donors (Lipinski definition) is 2. The molecule has 1 rings (SSSR count). The fourth-order valence-electron chi connectivity index (χ4n) is 1.75. The molecular formula is C12H22N4O4S. The molecule has 0 fully saturated rings. The molecule has 1 heterocycles. The minimum Gasteiger partial charge on any atom is -0.480 e. The van der Waals surface area contributed by atoms with Gasteiger partial charge in [-0.25, -0.2) is 13.1 Å². The summed E-state index contributed by atoms with van der Waals surface area (Å²) >= 11 is 0. The van der Waals surface area contributed by atoms with Crippen LogP contribution in [0.1, 0.15) is 13.8 Å². The van der Waals surface area contributed by atoms with Crippen LogP contribution in [-0.4, -0.2) is 60.9 Å². The van der Waals surface area contributed by atoms with Gasteiger partial charge < -0.3 is 10.0 Å². The van der Waals surface area contributed by atoms with Gasteiger partial charge in [-0.05, 0) is 20.0 Å². The van der Waals surface area contributed by atoms with E-state index in [4.69, 9.17) is 5.11 Å². The summed E-state index contributed by atoms with van der Waals surface area (Å²) in [4.78, 5) is 12.5. The highest BCUT2D eigenvalue weighted by Crippen LogP contribution is 2.11. The molecule has 1 aromatic heterocycles. The third kappa shape index (κ3) is 5.44. The number of aliphatic carboxylic acids is 1. The van der Waals surface area contributed by atoms with Crippen molar-refractivity contribution < 1.29 is 18.3 Å². The van der Waals surface area contributed by atoms with E-state index in [1.807, 2.05) is 32.8 Å². The first-order valence-corrected chi connectivity index (χ1v) is 8.01. The highest BCUT2D eigenvalue weighted by atomic mass is 32.2. The highest BCUT2D eigenvalue weighted by Gasteiger charge is 2.24. The second-order valence-corrected chi connectivity index (χ2v) is 7.22. The minimum atomic E-state index is -3.72. The van der Waals surface area contributed by atoms with E-state index in [9.17, 15) is 13.2 Å². The highest BCUT2D eigenvalue weighted by molar-refractivity contribution is 7.89. The topological polar surface area (TPSA) is 105 Å². The van der Waals surface area contributed by atoms with Gasteiger partial charge in [-0.1, -0.05) is 13.8 Å². The molecule has 9 heteroatoms. The second-order valence-electron chi connectivity index (χ2n) is 5.50. The van der Waals surface area contributed by atoms with E-state index in [0.29, 0.717) is 6.54 Å². The van der Waals surface area contributed by atoms with Gasteiger partial charge >= 0.3 is 5.97 Å². The lowest BCUT2D eigenvalue weighted by atomic mass is 10.1. The molecule has 1 aromatic rings. The van der Waals surface area contributed by atoms with Gasteiger partial charge in [0.25, 0.3) is 0 Å². The summed E-state index contributed by atoms with van der Waals surface area (Å²) in [6.45, 7) is 4.07. The first-order valence-electron chi connectivity index (χ1n) is 6.53. The number of carbonyl (C=O) groups is 1. The molecule has 0 aliphatic rings. The zero-order valence-corrected chi connectivity index (χ0v) is 13.5. The molecule has 1 atom stereocenters. The van der Waals surface area contributed by atoms with E-state index in [2.05, 4.69) is 9.82 Å². The van der Waals surface area contributed by atoms with Crippen molar-refractivity contribution in [2.24, 2.45) is 5.92 Å². The third-order valence-corrected chi connectivity index (χ3v) is 4.33. The van der Waals surface area contributed by atoms with Crippen LogP contribution in [0, 0.1) is 5.92 Å². The van der Waals surface area contributed by atoms with Gasteiger partial charge in [0.05, 0.1) is 6.20 Å². The maximum absolute atomic E-state index is 12.3. The smallest absolute Gasteiger partial charge is 0.325 e. The fourth-order valence-corrected chi connectivity index (χ4v) is 3.08. The van der Waals surface area contributed by atoms with Crippen molar-refractivity contribution >= 4 is 16.0 Å². The van der Waals surface area contributed by atoms with Gasteiger partial charge in [0.2, 0.25) is 10.0 Å². The fraction of sp³-hybridized carbons (Fsp3) is 0.667. The van der Waals surface area contributed by atoms with Crippen molar-refractivity contribution in [2.45, 2.75) is 31.3 Å².